The molecular formula is C17H23NO4. The highest BCUT2D eigenvalue weighted by Crippen LogP contribution is 2.14. The standard InChI is InChI=1S/C17H23NO4/c1-12-6-7-14(13(2)9-12)10-16(19)18-11-22-17(20)15-5-3-4-8-21-15/h6-7,9,15H,3-5,8,10-11H2,1-2H3,(H,18,19). The third-order valence-corrected chi connectivity index (χ3v) is 3.78. The fraction of sp³-hybridized carbons (Fsp3) is 0.529. The van der Waals surface area contributed by atoms with Crippen molar-refractivity contribution < 1.29 is 19.1 Å². The first-order valence-electron chi connectivity index (χ1n) is 7.67. The van der Waals surface area contributed by atoms with Crippen LogP contribution in [0.2, 0.25) is 0 Å². The Balaban J connectivity index is 1.72. The van der Waals surface area contributed by atoms with E-state index in [1.54, 1.807) is 0 Å². The maximum absolute atomic E-state index is 11.9. The van der Waals surface area contributed by atoms with E-state index in [4.69, 9.17) is 9.47 Å². The molecule has 5 heteroatoms. The summed E-state index contributed by atoms with van der Waals surface area (Å²) in [6.07, 6.45) is 2.44. The third-order valence-electron chi connectivity index (χ3n) is 3.78. The number of aryl methyl sites for hydroxylation is 2. The van der Waals surface area contributed by atoms with Crippen molar-refractivity contribution in [3.8, 4) is 0 Å². The van der Waals surface area contributed by atoms with Crippen LogP contribution in [0, 0.1) is 13.8 Å². The smallest absolute Gasteiger partial charge is 0.336 e. The van der Waals surface area contributed by atoms with Gasteiger partial charge in [0.05, 0.1) is 6.42 Å². The number of esters is 1. The Morgan fingerprint density at radius 2 is 2.14 bits per heavy atom. The first-order chi connectivity index (χ1) is 10.6. The zero-order valence-corrected chi connectivity index (χ0v) is 13.2. The van der Waals surface area contributed by atoms with E-state index in [9.17, 15) is 9.59 Å². The van der Waals surface area contributed by atoms with Gasteiger partial charge in [-0.1, -0.05) is 23.8 Å². The predicted molar refractivity (Wildman–Crippen MR) is 82.3 cm³/mol. The van der Waals surface area contributed by atoms with Crippen LogP contribution in [0.25, 0.3) is 0 Å². The van der Waals surface area contributed by atoms with Crippen LogP contribution in [-0.2, 0) is 25.5 Å². The summed E-state index contributed by atoms with van der Waals surface area (Å²) in [5.41, 5.74) is 3.23. The van der Waals surface area contributed by atoms with Crippen LogP contribution in [0.4, 0.5) is 0 Å². The van der Waals surface area contributed by atoms with Crippen molar-refractivity contribution in [1.29, 1.82) is 0 Å². The average molecular weight is 305 g/mol. The van der Waals surface area contributed by atoms with Crippen molar-refractivity contribution in [2.45, 2.75) is 45.6 Å². The van der Waals surface area contributed by atoms with E-state index in [1.807, 2.05) is 32.0 Å². The van der Waals surface area contributed by atoms with Gasteiger partial charge in [-0.25, -0.2) is 4.79 Å². The van der Waals surface area contributed by atoms with Crippen molar-refractivity contribution in [3.63, 3.8) is 0 Å². The summed E-state index contributed by atoms with van der Waals surface area (Å²) >= 11 is 0. The third kappa shape index (κ3) is 4.84. The van der Waals surface area contributed by atoms with Crippen molar-refractivity contribution in [2.24, 2.45) is 0 Å². The lowest BCUT2D eigenvalue weighted by Crippen LogP contribution is -2.35. The Kier molecular flexibility index (Phi) is 5.95. The largest absolute Gasteiger partial charge is 0.442 e. The lowest BCUT2D eigenvalue weighted by atomic mass is 10.0. The SMILES string of the molecule is Cc1ccc(CC(=O)NCOC(=O)C2CCCCO2)c(C)c1. The maximum atomic E-state index is 11.9. The van der Waals surface area contributed by atoms with E-state index in [-0.39, 0.29) is 19.1 Å². The molecule has 1 N–H and O–H groups in total. The summed E-state index contributed by atoms with van der Waals surface area (Å²) in [5, 5.41) is 2.61. The van der Waals surface area contributed by atoms with E-state index in [0.29, 0.717) is 13.0 Å². The Labute approximate surface area is 131 Å². The van der Waals surface area contributed by atoms with Gasteiger partial charge in [0, 0.05) is 6.61 Å². The number of ether oxygens (including phenoxy) is 2. The number of carbonyl (C=O) groups is 2. The Morgan fingerprint density at radius 1 is 1.32 bits per heavy atom. The summed E-state index contributed by atoms with van der Waals surface area (Å²) in [6.45, 7) is 4.49. The number of nitrogens with one attached hydrogen (secondary N) is 1. The second-order valence-electron chi connectivity index (χ2n) is 5.67. The number of rotatable bonds is 5. The second kappa shape index (κ2) is 7.94. The van der Waals surface area contributed by atoms with E-state index in [1.165, 1.54) is 5.56 Å². The summed E-state index contributed by atoms with van der Waals surface area (Å²) in [6, 6.07) is 5.98. The van der Waals surface area contributed by atoms with Crippen LogP contribution in [0.3, 0.4) is 0 Å². The van der Waals surface area contributed by atoms with Crippen LogP contribution in [0.5, 0.6) is 0 Å². The molecule has 1 aliphatic rings. The molecule has 120 valence electrons. The van der Waals surface area contributed by atoms with Gasteiger partial charge in [-0.15, -0.1) is 0 Å². The monoisotopic (exact) mass is 305 g/mol. The highest BCUT2D eigenvalue weighted by Gasteiger charge is 2.23. The Morgan fingerprint density at radius 3 is 2.82 bits per heavy atom. The summed E-state index contributed by atoms with van der Waals surface area (Å²) < 4.78 is 10.4. The van der Waals surface area contributed by atoms with Crippen LogP contribution >= 0.6 is 0 Å². The molecule has 5 nitrogen and oxygen atoms in total. The minimum absolute atomic E-state index is 0.109. The van der Waals surface area contributed by atoms with Gasteiger partial charge in [0.2, 0.25) is 5.91 Å². The predicted octanol–water partition coefficient (Wildman–Crippen LogP) is 2.03. The summed E-state index contributed by atoms with van der Waals surface area (Å²) in [7, 11) is 0. The van der Waals surface area contributed by atoms with Crippen molar-refractivity contribution in [2.75, 3.05) is 13.3 Å². The van der Waals surface area contributed by atoms with Crippen LogP contribution in [0.1, 0.15) is 36.0 Å². The molecule has 0 aliphatic carbocycles. The van der Waals surface area contributed by atoms with E-state index < -0.39 is 12.1 Å². The van der Waals surface area contributed by atoms with Gasteiger partial charge < -0.3 is 14.8 Å². The number of hydrogen-bond donors (Lipinski definition) is 1. The molecule has 22 heavy (non-hydrogen) atoms. The first-order valence-corrected chi connectivity index (χ1v) is 7.67. The van der Waals surface area contributed by atoms with E-state index in [2.05, 4.69) is 5.32 Å². The van der Waals surface area contributed by atoms with E-state index >= 15 is 0 Å². The van der Waals surface area contributed by atoms with Crippen molar-refractivity contribution in [3.05, 3.63) is 34.9 Å². The zero-order chi connectivity index (χ0) is 15.9. The quantitative estimate of drug-likeness (QED) is 0.668. The van der Waals surface area contributed by atoms with Gasteiger partial charge in [-0.3, -0.25) is 4.79 Å². The van der Waals surface area contributed by atoms with Gasteiger partial charge in [0.15, 0.2) is 12.8 Å². The van der Waals surface area contributed by atoms with Gasteiger partial charge in [-0.2, -0.15) is 0 Å². The van der Waals surface area contributed by atoms with E-state index in [0.717, 1.165) is 24.0 Å². The van der Waals surface area contributed by atoms with Crippen LogP contribution < -0.4 is 5.32 Å². The number of hydrogen-bond acceptors (Lipinski definition) is 4. The fourth-order valence-corrected chi connectivity index (χ4v) is 2.49. The molecule has 1 aliphatic heterocycles. The number of benzene rings is 1. The molecule has 2 rings (SSSR count). The van der Waals surface area contributed by atoms with Gasteiger partial charge in [0.25, 0.3) is 0 Å². The lowest BCUT2D eigenvalue weighted by Gasteiger charge is -2.20. The van der Waals surface area contributed by atoms with Crippen LogP contribution in [-0.4, -0.2) is 31.3 Å². The molecule has 1 unspecified atom stereocenters. The van der Waals surface area contributed by atoms with Crippen molar-refractivity contribution in [1.82, 2.24) is 5.32 Å². The highest BCUT2D eigenvalue weighted by molar-refractivity contribution is 5.79. The second-order valence-corrected chi connectivity index (χ2v) is 5.67. The molecule has 0 bridgehead atoms. The number of carbonyl (C=O) groups excluding carboxylic acids is 2. The molecule has 1 amide bonds. The zero-order valence-electron chi connectivity index (χ0n) is 13.2. The fourth-order valence-electron chi connectivity index (χ4n) is 2.49. The molecule has 1 aromatic rings. The molecule has 1 fully saturated rings. The molecule has 0 radical (unpaired) electrons. The highest BCUT2D eigenvalue weighted by atomic mass is 16.6. The minimum atomic E-state index is -0.481. The first kappa shape index (κ1) is 16.5. The van der Waals surface area contributed by atoms with Gasteiger partial charge in [0.1, 0.15) is 0 Å². The Hall–Kier alpha value is -1.88. The van der Waals surface area contributed by atoms with Gasteiger partial charge in [-0.05, 0) is 44.2 Å². The van der Waals surface area contributed by atoms with Crippen molar-refractivity contribution >= 4 is 11.9 Å². The van der Waals surface area contributed by atoms with Gasteiger partial charge >= 0.3 is 5.97 Å². The molecule has 0 aromatic heterocycles. The normalized spacial score (nSPS) is 17.8. The summed E-state index contributed by atoms with van der Waals surface area (Å²) in [5.74, 6) is -0.559. The minimum Gasteiger partial charge on any atom is -0.442 e. The molecule has 1 atom stereocenters. The molecule has 1 saturated heterocycles. The molecular weight excluding hydrogens is 282 g/mol. The van der Waals surface area contributed by atoms with Crippen LogP contribution in [0.15, 0.2) is 18.2 Å². The lowest BCUT2D eigenvalue weighted by molar-refractivity contribution is -0.161. The molecule has 0 saturated carbocycles. The molecule has 1 aromatic carbocycles. The number of amides is 1. The summed E-state index contributed by atoms with van der Waals surface area (Å²) in [4.78, 5) is 23.6. The topological polar surface area (TPSA) is 64.6 Å². The average Bonchev–Trinajstić information content (AvgIpc) is 2.51. The Bertz CT molecular complexity index is 535. The molecule has 0 spiro atoms. The maximum Gasteiger partial charge on any atom is 0.336 e. The molecule has 1 heterocycles.